The molecule has 0 atom stereocenters. The van der Waals surface area contributed by atoms with Gasteiger partial charge in [0.25, 0.3) is 5.91 Å². The van der Waals surface area contributed by atoms with Crippen molar-refractivity contribution in [2.75, 3.05) is 14.2 Å². The number of methoxy groups -OCH3 is 1. The van der Waals surface area contributed by atoms with Crippen LogP contribution >= 0.6 is 11.6 Å². The van der Waals surface area contributed by atoms with E-state index >= 15 is 0 Å². The highest BCUT2D eigenvalue weighted by Gasteiger charge is 2.20. The summed E-state index contributed by atoms with van der Waals surface area (Å²) in [6.07, 6.45) is 0. The normalized spacial score (nSPS) is 11.3. The Kier molecular flexibility index (Phi) is 4.28. The summed E-state index contributed by atoms with van der Waals surface area (Å²) in [5.41, 5.74) is 3.22. The van der Waals surface area contributed by atoms with Crippen LogP contribution in [0.4, 0.5) is 0 Å². The van der Waals surface area contributed by atoms with Crippen LogP contribution in [0.2, 0.25) is 5.02 Å². The topological polar surface area (TPSA) is 63.1 Å². The van der Waals surface area contributed by atoms with Gasteiger partial charge in [0.15, 0.2) is 0 Å². The summed E-state index contributed by atoms with van der Waals surface area (Å²) in [4.78, 5) is 22.4. The third-order valence-electron chi connectivity index (χ3n) is 4.71. The van der Waals surface area contributed by atoms with Gasteiger partial charge < -0.3 is 19.2 Å². The smallest absolute Gasteiger partial charge is 0.270 e. The number of rotatable bonds is 4. The summed E-state index contributed by atoms with van der Waals surface area (Å²) in [6, 6.07) is 13.1. The minimum absolute atomic E-state index is 0.0887. The lowest BCUT2D eigenvalue weighted by atomic mass is 10.2. The monoisotopic (exact) mass is 382 g/mol. The second-order valence-corrected chi connectivity index (χ2v) is 6.92. The molecule has 1 N–H and O–H groups in total. The lowest BCUT2D eigenvalue weighted by Gasteiger charge is -2.16. The first-order chi connectivity index (χ1) is 13.0. The number of H-pyrrole nitrogens is 1. The van der Waals surface area contributed by atoms with E-state index in [0.717, 1.165) is 27.7 Å². The first-order valence-electron chi connectivity index (χ1n) is 8.50. The third-order valence-corrected chi connectivity index (χ3v) is 4.95. The first kappa shape index (κ1) is 17.4. The standard InChI is InChI=1S/C20H19ClN4O2/c1-24(11-19-22-14-8-7-12(21)9-15(14)23-19)20(26)17-10-13-16(25(17)2)5-4-6-18(13)27-3/h4-10H,11H2,1-3H3,(H,22,23). The molecule has 0 saturated carbocycles. The fourth-order valence-electron chi connectivity index (χ4n) is 3.32. The maximum absolute atomic E-state index is 13.0. The lowest BCUT2D eigenvalue weighted by Crippen LogP contribution is -2.28. The van der Waals surface area contributed by atoms with Gasteiger partial charge in [-0.3, -0.25) is 4.79 Å². The second kappa shape index (κ2) is 6.63. The van der Waals surface area contributed by atoms with Gasteiger partial charge in [0.05, 0.1) is 30.2 Å². The predicted molar refractivity (Wildman–Crippen MR) is 106 cm³/mol. The Balaban J connectivity index is 1.63. The average Bonchev–Trinajstić information content (AvgIpc) is 3.21. The molecular formula is C20H19ClN4O2. The van der Waals surface area contributed by atoms with E-state index in [1.807, 2.05) is 48.0 Å². The zero-order valence-electron chi connectivity index (χ0n) is 15.3. The molecule has 0 saturated heterocycles. The van der Waals surface area contributed by atoms with Crippen molar-refractivity contribution in [2.24, 2.45) is 7.05 Å². The molecule has 4 aromatic rings. The molecule has 6 nitrogen and oxygen atoms in total. The molecule has 0 aliphatic carbocycles. The van der Waals surface area contributed by atoms with Crippen LogP contribution in [0.15, 0.2) is 42.5 Å². The van der Waals surface area contributed by atoms with Crippen LogP contribution in [-0.4, -0.2) is 39.5 Å². The van der Waals surface area contributed by atoms with E-state index in [0.29, 0.717) is 23.1 Å². The number of amides is 1. The fourth-order valence-corrected chi connectivity index (χ4v) is 3.49. The number of nitrogens with zero attached hydrogens (tertiary/aromatic N) is 3. The molecule has 27 heavy (non-hydrogen) atoms. The van der Waals surface area contributed by atoms with Gasteiger partial charge in [0.2, 0.25) is 0 Å². The minimum atomic E-state index is -0.0887. The molecule has 2 aromatic carbocycles. The molecule has 0 aliphatic heterocycles. The van der Waals surface area contributed by atoms with Gasteiger partial charge in [-0.2, -0.15) is 0 Å². The van der Waals surface area contributed by atoms with E-state index in [2.05, 4.69) is 9.97 Å². The summed E-state index contributed by atoms with van der Waals surface area (Å²) in [5, 5.41) is 1.56. The molecule has 138 valence electrons. The van der Waals surface area contributed by atoms with Crippen LogP contribution in [0.1, 0.15) is 16.3 Å². The van der Waals surface area contributed by atoms with Crippen LogP contribution in [-0.2, 0) is 13.6 Å². The third kappa shape index (κ3) is 3.02. The van der Waals surface area contributed by atoms with Crippen molar-refractivity contribution in [3.8, 4) is 5.75 Å². The van der Waals surface area contributed by atoms with Gasteiger partial charge in [-0.05, 0) is 36.4 Å². The molecule has 0 radical (unpaired) electrons. The van der Waals surface area contributed by atoms with E-state index < -0.39 is 0 Å². The number of aromatic amines is 1. The number of fused-ring (bicyclic) bond motifs is 2. The lowest BCUT2D eigenvalue weighted by molar-refractivity contribution is 0.0773. The Hall–Kier alpha value is -2.99. The average molecular weight is 383 g/mol. The molecule has 0 bridgehead atoms. The minimum Gasteiger partial charge on any atom is -0.496 e. The van der Waals surface area contributed by atoms with E-state index in [-0.39, 0.29) is 5.91 Å². The number of benzene rings is 2. The second-order valence-electron chi connectivity index (χ2n) is 6.49. The highest BCUT2D eigenvalue weighted by molar-refractivity contribution is 6.31. The van der Waals surface area contributed by atoms with Crippen molar-refractivity contribution in [3.05, 3.63) is 59.0 Å². The molecule has 1 amide bonds. The van der Waals surface area contributed by atoms with Gasteiger partial charge in [-0.15, -0.1) is 0 Å². The summed E-state index contributed by atoms with van der Waals surface area (Å²) >= 11 is 6.02. The molecule has 2 heterocycles. The Morgan fingerprint density at radius 3 is 2.89 bits per heavy atom. The number of carbonyl (C=O) groups excluding carboxylic acids is 1. The Labute approximate surface area is 161 Å². The molecule has 2 aromatic heterocycles. The van der Waals surface area contributed by atoms with Crippen molar-refractivity contribution < 1.29 is 9.53 Å². The fraction of sp³-hybridized carbons (Fsp3) is 0.200. The summed E-state index contributed by atoms with van der Waals surface area (Å²) in [6.45, 7) is 0.365. The number of hydrogen-bond donors (Lipinski definition) is 1. The van der Waals surface area contributed by atoms with Crippen molar-refractivity contribution >= 4 is 39.4 Å². The number of aromatic nitrogens is 3. The molecule has 7 heteroatoms. The Bertz CT molecular complexity index is 1160. The predicted octanol–water partition coefficient (Wildman–Crippen LogP) is 3.99. The SMILES string of the molecule is COc1cccc2c1cc(C(=O)N(C)Cc1nc3ccc(Cl)cc3[nH]1)n2C. The number of nitrogens with one attached hydrogen (secondary N) is 1. The quantitative estimate of drug-likeness (QED) is 0.580. The Morgan fingerprint density at radius 1 is 1.30 bits per heavy atom. The number of carbonyl (C=O) groups is 1. The number of aryl methyl sites for hydroxylation is 1. The summed E-state index contributed by atoms with van der Waals surface area (Å²) in [5.74, 6) is 1.37. The van der Waals surface area contributed by atoms with E-state index in [9.17, 15) is 4.79 Å². The van der Waals surface area contributed by atoms with Crippen molar-refractivity contribution in [1.29, 1.82) is 0 Å². The molecule has 0 fully saturated rings. The van der Waals surface area contributed by atoms with Crippen molar-refractivity contribution in [3.63, 3.8) is 0 Å². The van der Waals surface area contributed by atoms with E-state index in [1.54, 1.807) is 25.1 Å². The number of imidazole rings is 1. The number of hydrogen-bond acceptors (Lipinski definition) is 3. The van der Waals surface area contributed by atoms with Crippen LogP contribution in [0.25, 0.3) is 21.9 Å². The van der Waals surface area contributed by atoms with Gasteiger partial charge in [-0.25, -0.2) is 4.98 Å². The highest BCUT2D eigenvalue weighted by Crippen LogP contribution is 2.28. The molecule has 4 rings (SSSR count). The molecular weight excluding hydrogens is 364 g/mol. The first-order valence-corrected chi connectivity index (χ1v) is 8.88. The van der Waals surface area contributed by atoms with E-state index in [1.165, 1.54) is 0 Å². The van der Waals surface area contributed by atoms with Crippen molar-refractivity contribution in [2.45, 2.75) is 6.54 Å². The van der Waals surface area contributed by atoms with Crippen LogP contribution in [0.3, 0.4) is 0 Å². The molecule has 0 unspecified atom stereocenters. The van der Waals surface area contributed by atoms with Crippen LogP contribution in [0.5, 0.6) is 5.75 Å². The largest absolute Gasteiger partial charge is 0.496 e. The number of halogens is 1. The van der Waals surface area contributed by atoms with Gasteiger partial charge in [0.1, 0.15) is 17.3 Å². The summed E-state index contributed by atoms with van der Waals surface area (Å²) in [7, 11) is 5.27. The Morgan fingerprint density at radius 2 is 2.11 bits per heavy atom. The van der Waals surface area contributed by atoms with E-state index in [4.69, 9.17) is 16.3 Å². The van der Waals surface area contributed by atoms with Crippen LogP contribution < -0.4 is 4.74 Å². The van der Waals surface area contributed by atoms with Gasteiger partial charge in [0, 0.05) is 24.5 Å². The summed E-state index contributed by atoms with van der Waals surface area (Å²) < 4.78 is 7.29. The molecule has 0 aliphatic rings. The molecule has 0 spiro atoms. The van der Waals surface area contributed by atoms with Crippen molar-refractivity contribution in [1.82, 2.24) is 19.4 Å². The van der Waals surface area contributed by atoms with Gasteiger partial charge in [-0.1, -0.05) is 17.7 Å². The maximum atomic E-state index is 13.0. The highest BCUT2D eigenvalue weighted by atomic mass is 35.5. The van der Waals surface area contributed by atoms with Gasteiger partial charge >= 0.3 is 0 Å². The van der Waals surface area contributed by atoms with Crippen LogP contribution in [0, 0.1) is 0 Å². The zero-order valence-corrected chi connectivity index (χ0v) is 16.0. The maximum Gasteiger partial charge on any atom is 0.270 e. The zero-order chi connectivity index (χ0) is 19.1. The number of ether oxygens (including phenoxy) is 1.